The van der Waals surface area contributed by atoms with Gasteiger partial charge in [0.1, 0.15) is 5.75 Å². The number of nitrogens with one attached hydrogen (secondary N) is 1. The summed E-state index contributed by atoms with van der Waals surface area (Å²) in [6.07, 6.45) is 2.17. The molecule has 2 aromatic rings. The summed E-state index contributed by atoms with van der Waals surface area (Å²) in [5.74, 6) is 1.01. The number of methoxy groups -OCH3 is 1. The fraction of sp³-hybridized carbons (Fsp3) is 0.500. The quantitative estimate of drug-likeness (QED) is 0.827. The first kappa shape index (κ1) is 18.4. The fourth-order valence-corrected chi connectivity index (χ4v) is 4.68. The van der Waals surface area contributed by atoms with Gasteiger partial charge in [0.25, 0.3) is 0 Å². The molecule has 4 rings (SSSR count). The molecular formula is C20H26N4O2S. The number of nitrogens with zero attached hydrogens (tertiary/aromatic N) is 3. The molecule has 0 radical (unpaired) electrons. The molecule has 1 saturated carbocycles. The molecule has 1 unspecified atom stereocenters. The van der Waals surface area contributed by atoms with E-state index < -0.39 is 0 Å². The lowest BCUT2D eigenvalue weighted by atomic mass is 10.0. The monoisotopic (exact) mass is 386 g/mol. The molecule has 2 heterocycles. The maximum Gasteiger partial charge on any atom is 0.225 e. The number of para-hydroxylation sites is 1. The predicted molar refractivity (Wildman–Crippen MR) is 107 cm³/mol. The Morgan fingerprint density at radius 2 is 2.22 bits per heavy atom. The average Bonchev–Trinajstić information content (AvgIpc) is 3.41. The minimum atomic E-state index is 0.0903. The van der Waals surface area contributed by atoms with Crippen molar-refractivity contribution in [1.29, 1.82) is 0 Å². The summed E-state index contributed by atoms with van der Waals surface area (Å²) in [4.78, 5) is 21.1. The third-order valence-corrected chi connectivity index (χ3v) is 6.10. The molecule has 1 aliphatic heterocycles. The van der Waals surface area contributed by atoms with Crippen molar-refractivity contribution in [3.63, 3.8) is 0 Å². The van der Waals surface area contributed by atoms with Crippen molar-refractivity contribution in [3.8, 4) is 5.75 Å². The number of amides is 1. The first-order chi connectivity index (χ1) is 13.2. The normalized spacial score (nSPS) is 20.4. The number of piperazine rings is 1. The molecule has 6 nitrogen and oxygen atoms in total. The van der Waals surface area contributed by atoms with Crippen LogP contribution in [-0.2, 0) is 11.3 Å². The molecule has 1 amide bonds. The van der Waals surface area contributed by atoms with E-state index in [0.717, 1.165) is 55.6 Å². The maximum atomic E-state index is 12.0. The molecule has 1 aromatic carbocycles. The highest BCUT2D eigenvalue weighted by atomic mass is 32.1. The van der Waals surface area contributed by atoms with Crippen LogP contribution < -0.4 is 15.0 Å². The van der Waals surface area contributed by atoms with Crippen LogP contribution in [0.3, 0.4) is 0 Å². The molecule has 7 heteroatoms. The third-order valence-electron chi connectivity index (χ3n) is 5.21. The van der Waals surface area contributed by atoms with Gasteiger partial charge in [-0.05, 0) is 18.9 Å². The van der Waals surface area contributed by atoms with E-state index in [1.165, 1.54) is 5.56 Å². The van der Waals surface area contributed by atoms with Gasteiger partial charge in [0, 0.05) is 50.1 Å². The summed E-state index contributed by atoms with van der Waals surface area (Å²) in [6.45, 7) is 5.21. The van der Waals surface area contributed by atoms with Crippen LogP contribution >= 0.6 is 11.3 Å². The lowest BCUT2D eigenvalue weighted by molar-refractivity contribution is -0.116. The first-order valence-corrected chi connectivity index (χ1v) is 10.4. The highest BCUT2D eigenvalue weighted by Gasteiger charge is 2.34. The average molecular weight is 387 g/mol. The summed E-state index contributed by atoms with van der Waals surface area (Å²) in [7, 11) is 1.72. The maximum absolute atomic E-state index is 12.0. The number of carbonyl (C=O) groups excluding carboxylic acids is 1. The number of carbonyl (C=O) groups is 1. The Labute approximate surface area is 164 Å². The molecule has 1 aromatic heterocycles. The van der Waals surface area contributed by atoms with E-state index in [1.807, 2.05) is 17.0 Å². The van der Waals surface area contributed by atoms with Gasteiger partial charge in [0.05, 0.1) is 18.8 Å². The topological polar surface area (TPSA) is 57.7 Å². The molecule has 1 atom stereocenters. The van der Waals surface area contributed by atoms with E-state index in [0.29, 0.717) is 6.04 Å². The molecule has 1 N–H and O–H groups in total. The van der Waals surface area contributed by atoms with Crippen molar-refractivity contribution in [2.75, 3.05) is 31.6 Å². The minimum absolute atomic E-state index is 0.0903. The van der Waals surface area contributed by atoms with E-state index in [9.17, 15) is 4.79 Å². The van der Waals surface area contributed by atoms with Gasteiger partial charge in [-0.15, -0.1) is 11.3 Å². The van der Waals surface area contributed by atoms with Gasteiger partial charge in [-0.25, -0.2) is 4.98 Å². The van der Waals surface area contributed by atoms with Crippen LogP contribution in [0.4, 0.5) is 5.13 Å². The van der Waals surface area contributed by atoms with Crippen molar-refractivity contribution in [2.45, 2.75) is 38.4 Å². The van der Waals surface area contributed by atoms with Gasteiger partial charge in [-0.2, -0.15) is 0 Å². The Kier molecular flexibility index (Phi) is 5.43. The van der Waals surface area contributed by atoms with Crippen molar-refractivity contribution in [3.05, 3.63) is 40.9 Å². The summed E-state index contributed by atoms with van der Waals surface area (Å²) < 4.78 is 5.58. The van der Waals surface area contributed by atoms with Gasteiger partial charge in [-0.3, -0.25) is 14.6 Å². The van der Waals surface area contributed by atoms with Crippen LogP contribution in [0.2, 0.25) is 0 Å². The van der Waals surface area contributed by atoms with Crippen molar-refractivity contribution >= 4 is 22.4 Å². The first-order valence-electron chi connectivity index (χ1n) is 9.49. The van der Waals surface area contributed by atoms with Crippen molar-refractivity contribution < 1.29 is 9.53 Å². The molecular weight excluding hydrogens is 360 g/mol. The smallest absolute Gasteiger partial charge is 0.225 e. The van der Waals surface area contributed by atoms with E-state index >= 15 is 0 Å². The minimum Gasteiger partial charge on any atom is -0.496 e. The zero-order chi connectivity index (χ0) is 18.8. The number of anilines is 1. The van der Waals surface area contributed by atoms with Crippen LogP contribution in [-0.4, -0.2) is 48.6 Å². The lowest BCUT2D eigenvalue weighted by Gasteiger charge is -2.36. The van der Waals surface area contributed by atoms with Crippen molar-refractivity contribution in [2.24, 2.45) is 0 Å². The number of hydrogen-bond acceptors (Lipinski definition) is 6. The zero-order valence-electron chi connectivity index (χ0n) is 15.9. The number of ether oxygens (including phenoxy) is 1. The third kappa shape index (κ3) is 4.00. The Hall–Kier alpha value is -1.96. The predicted octanol–water partition coefficient (Wildman–Crippen LogP) is 2.81. The second kappa shape index (κ2) is 7.96. The lowest BCUT2D eigenvalue weighted by Crippen LogP contribution is -2.45. The number of benzene rings is 1. The van der Waals surface area contributed by atoms with Gasteiger partial charge < -0.3 is 10.1 Å². The summed E-state index contributed by atoms with van der Waals surface area (Å²) in [5.41, 5.74) is 2.23. The number of rotatable bonds is 6. The standard InChI is InChI=1S/C20H26N4O2S/c1-14(25)24(16-7-8-16)20-22-15(13-27-20)12-23-10-9-21-11-18(23)17-5-3-4-6-19(17)26-2/h3-6,13,16,18,21H,7-12H2,1-2H3. The molecule has 0 bridgehead atoms. The Morgan fingerprint density at radius 1 is 1.41 bits per heavy atom. The van der Waals surface area contributed by atoms with E-state index in [2.05, 4.69) is 27.7 Å². The number of aromatic nitrogens is 1. The van der Waals surface area contributed by atoms with Gasteiger partial charge in [-0.1, -0.05) is 18.2 Å². The fourth-order valence-electron chi connectivity index (χ4n) is 3.75. The summed E-state index contributed by atoms with van der Waals surface area (Å²) in [5, 5.41) is 6.42. The highest BCUT2D eigenvalue weighted by molar-refractivity contribution is 7.14. The van der Waals surface area contributed by atoms with Gasteiger partial charge >= 0.3 is 0 Å². The molecule has 144 valence electrons. The molecule has 1 aliphatic carbocycles. The van der Waals surface area contributed by atoms with E-state index in [4.69, 9.17) is 9.72 Å². The SMILES string of the molecule is COc1ccccc1C1CNCCN1Cc1csc(N(C(C)=O)C2CC2)n1. The zero-order valence-corrected chi connectivity index (χ0v) is 16.7. The van der Waals surface area contributed by atoms with E-state index in [-0.39, 0.29) is 11.9 Å². The Balaban J connectivity index is 1.53. The Morgan fingerprint density at radius 3 is 2.96 bits per heavy atom. The van der Waals surface area contributed by atoms with Crippen LogP contribution in [0.1, 0.15) is 37.1 Å². The molecule has 27 heavy (non-hydrogen) atoms. The Bertz CT molecular complexity index is 805. The van der Waals surface area contributed by atoms with Gasteiger partial charge in [0.15, 0.2) is 5.13 Å². The van der Waals surface area contributed by atoms with Crippen molar-refractivity contribution in [1.82, 2.24) is 15.2 Å². The summed E-state index contributed by atoms with van der Waals surface area (Å²) >= 11 is 1.57. The summed E-state index contributed by atoms with van der Waals surface area (Å²) in [6, 6.07) is 8.81. The van der Waals surface area contributed by atoms with E-state index in [1.54, 1.807) is 25.4 Å². The highest BCUT2D eigenvalue weighted by Crippen LogP contribution is 2.35. The number of hydrogen-bond donors (Lipinski definition) is 1. The molecule has 1 saturated heterocycles. The van der Waals surface area contributed by atoms with Crippen LogP contribution in [0.25, 0.3) is 0 Å². The van der Waals surface area contributed by atoms with Crippen LogP contribution in [0.15, 0.2) is 29.6 Å². The van der Waals surface area contributed by atoms with Crippen LogP contribution in [0.5, 0.6) is 5.75 Å². The van der Waals surface area contributed by atoms with Crippen LogP contribution in [0, 0.1) is 0 Å². The second-order valence-electron chi connectivity index (χ2n) is 7.17. The largest absolute Gasteiger partial charge is 0.496 e. The van der Waals surface area contributed by atoms with Gasteiger partial charge in [0.2, 0.25) is 5.91 Å². The number of thiazole rings is 1. The molecule has 2 aliphatic rings. The molecule has 0 spiro atoms. The molecule has 2 fully saturated rings. The second-order valence-corrected chi connectivity index (χ2v) is 8.01.